The van der Waals surface area contributed by atoms with Crippen molar-refractivity contribution in [3.8, 4) is 0 Å². The molecule has 0 spiro atoms. The van der Waals surface area contributed by atoms with Gasteiger partial charge in [-0.15, -0.1) is 34.2 Å². The van der Waals surface area contributed by atoms with Crippen molar-refractivity contribution in [2.75, 3.05) is 33.4 Å². The van der Waals surface area contributed by atoms with E-state index in [4.69, 9.17) is 4.74 Å². The van der Waals surface area contributed by atoms with Crippen molar-refractivity contribution < 1.29 is 9.84 Å². The number of rotatable bonds is 11. The van der Waals surface area contributed by atoms with Crippen LogP contribution in [-0.2, 0) is 18.3 Å². The van der Waals surface area contributed by atoms with Gasteiger partial charge in [-0.2, -0.15) is 0 Å². The zero-order valence-electron chi connectivity index (χ0n) is 16.7. The fourth-order valence-electron chi connectivity index (χ4n) is 2.58. The SMILES string of the molecule is COCCNC(=NCc1nnc(C)n1C)NCC(CCO)CC(C)C.I. The third kappa shape index (κ3) is 9.67. The zero-order valence-corrected chi connectivity index (χ0v) is 19.0. The van der Waals surface area contributed by atoms with E-state index in [1.165, 1.54) is 0 Å². The van der Waals surface area contributed by atoms with E-state index in [1.54, 1.807) is 7.11 Å². The van der Waals surface area contributed by atoms with Crippen LogP contribution in [0.2, 0.25) is 0 Å². The second kappa shape index (κ2) is 14.2. The summed E-state index contributed by atoms with van der Waals surface area (Å²) in [5.41, 5.74) is 0. The number of aliphatic hydroxyl groups is 1. The molecule has 1 rings (SSSR count). The zero-order chi connectivity index (χ0) is 18.7. The van der Waals surface area contributed by atoms with E-state index in [2.05, 4.69) is 39.7 Å². The molecule has 0 aliphatic heterocycles. The number of aromatic nitrogens is 3. The van der Waals surface area contributed by atoms with Crippen molar-refractivity contribution in [3.63, 3.8) is 0 Å². The molecule has 1 aromatic heterocycles. The maximum absolute atomic E-state index is 9.26. The van der Waals surface area contributed by atoms with Crippen molar-refractivity contribution >= 4 is 29.9 Å². The molecule has 1 unspecified atom stereocenters. The molecule has 1 aromatic rings. The Bertz CT molecular complexity index is 521. The van der Waals surface area contributed by atoms with Crippen LogP contribution in [0.4, 0.5) is 0 Å². The van der Waals surface area contributed by atoms with E-state index in [0.29, 0.717) is 31.5 Å². The minimum absolute atomic E-state index is 0. The van der Waals surface area contributed by atoms with Crippen LogP contribution in [0.1, 0.15) is 38.3 Å². The van der Waals surface area contributed by atoms with Crippen LogP contribution in [0.5, 0.6) is 0 Å². The molecule has 1 atom stereocenters. The van der Waals surface area contributed by atoms with Crippen molar-refractivity contribution in [2.24, 2.45) is 23.9 Å². The van der Waals surface area contributed by atoms with Crippen molar-refractivity contribution in [1.29, 1.82) is 0 Å². The van der Waals surface area contributed by atoms with Crippen LogP contribution in [0.15, 0.2) is 4.99 Å². The normalized spacial score (nSPS) is 12.8. The van der Waals surface area contributed by atoms with Gasteiger partial charge in [-0.1, -0.05) is 13.8 Å². The molecule has 0 fully saturated rings. The largest absolute Gasteiger partial charge is 0.396 e. The van der Waals surface area contributed by atoms with Gasteiger partial charge in [0.1, 0.15) is 12.4 Å². The summed E-state index contributed by atoms with van der Waals surface area (Å²) in [5, 5.41) is 24.1. The third-order valence-corrected chi connectivity index (χ3v) is 4.06. The Labute approximate surface area is 174 Å². The van der Waals surface area contributed by atoms with E-state index in [0.717, 1.165) is 37.0 Å². The summed E-state index contributed by atoms with van der Waals surface area (Å²) in [6.45, 7) is 9.04. The number of halogens is 1. The molecule has 8 nitrogen and oxygen atoms in total. The van der Waals surface area contributed by atoms with Gasteiger partial charge in [0.05, 0.1) is 6.61 Å². The molecule has 3 N–H and O–H groups in total. The average molecular weight is 482 g/mol. The summed E-state index contributed by atoms with van der Waals surface area (Å²) in [5.74, 6) is 3.43. The summed E-state index contributed by atoms with van der Waals surface area (Å²) >= 11 is 0. The highest BCUT2D eigenvalue weighted by Gasteiger charge is 2.12. The van der Waals surface area contributed by atoms with Crippen LogP contribution in [-0.4, -0.2) is 59.2 Å². The molecule has 0 radical (unpaired) electrons. The molecular weight excluding hydrogens is 447 g/mol. The van der Waals surface area contributed by atoms with Gasteiger partial charge in [0.25, 0.3) is 0 Å². The van der Waals surface area contributed by atoms with Gasteiger partial charge in [-0.25, -0.2) is 4.99 Å². The number of nitrogens with one attached hydrogen (secondary N) is 2. The number of guanidine groups is 1. The molecule has 152 valence electrons. The van der Waals surface area contributed by atoms with Crippen LogP contribution < -0.4 is 10.6 Å². The van der Waals surface area contributed by atoms with E-state index in [9.17, 15) is 5.11 Å². The maximum Gasteiger partial charge on any atom is 0.191 e. The summed E-state index contributed by atoms with van der Waals surface area (Å²) in [6.07, 6.45) is 1.86. The van der Waals surface area contributed by atoms with Gasteiger partial charge in [-0.3, -0.25) is 0 Å². The summed E-state index contributed by atoms with van der Waals surface area (Å²) < 4.78 is 7.02. The topological polar surface area (TPSA) is 96.6 Å². The van der Waals surface area contributed by atoms with E-state index >= 15 is 0 Å². The highest BCUT2D eigenvalue weighted by Crippen LogP contribution is 2.14. The van der Waals surface area contributed by atoms with Gasteiger partial charge in [-0.05, 0) is 31.6 Å². The molecule has 0 bridgehead atoms. The predicted molar refractivity (Wildman–Crippen MR) is 115 cm³/mol. The standard InChI is InChI=1S/C17H34N6O2.HI/c1-13(2)10-15(6-8-24)11-19-17(18-7-9-25-5)20-12-16-22-21-14(3)23(16)4;/h13,15,24H,6-12H2,1-5H3,(H2,18,19,20);1H. The number of hydrogen-bond donors (Lipinski definition) is 3. The van der Waals surface area contributed by atoms with Crippen LogP contribution in [0, 0.1) is 18.8 Å². The first kappa shape index (κ1) is 25.1. The van der Waals surface area contributed by atoms with Crippen LogP contribution in [0.3, 0.4) is 0 Å². The van der Waals surface area contributed by atoms with Gasteiger partial charge in [0.2, 0.25) is 0 Å². The fourth-order valence-corrected chi connectivity index (χ4v) is 2.58. The Morgan fingerprint density at radius 3 is 2.58 bits per heavy atom. The van der Waals surface area contributed by atoms with Crippen molar-refractivity contribution in [3.05, 3.63) is 11.6 Å². The lowest BCUT2D eigenvalue weighted by molar-refractivity contribution is 0.203. The van der Waals surface area contributed by atoms with Gasteiger partial charge < -0.3 is 25.0 Å². The number of aliphatic imine (C=N–C) groups is 1. The first-order valence-corrected chi connectivity index (χ1v) is 8.94. The molecular formula is C17H35IN6O2. The van der Waals surface area contributed by atoms with E-state index in [1.807, 2.05) is 18.5 Å². The molecule has 0 aliphatic rings. The predicted octanol–water partition coefficient (Wildman–Crippen LogP) is 1.47. The van der Waals surface area contributed by atoms with Crippen LogP contribution in [0.25, 0.3) is 0 Å². The number of ether oxygens (including phenoxy) is 1. The third-order valence-electron chi connectivity index (χ3n) is 4.06. The first-order valence-electron chi connectivity index (χ1n) is 8.94. The number of aryl methyl sites for hydroxylation is 1. The molecule has 0 aliphatic carbocycles. The Morgan fingerprint density at radius 2 is 2.04 bits per heavy atom. The highest BCUT2D eigenvalue weighted by molar-refractivity contribution is 14.0. The average Bonchev–Trinajstić information content (AvgIpc) is 2.88. The summed E-state index contributed by atoms with van der Waals surface area (Å²) in [6, 6.07) is 0. The lowest BCUT2D eigenvalue weighted by atomic mass is 9.94. The number of aliphatic hydroxyl groups excluding tert-OH is 1. The second-order valence-electron chi connectivity index (χ2n) is 6.70. The van der Waals surface area contributed by atoms with E-state index in [-0.39, 0.29) is 30.6 Å². The van der Waals surface area contributed by atoms with E-state index < -0.39 is 0 Å². The lowest BCUT2D eigenvalue weighted by Gasteiger charge is -2.20. The minimum atomic E-state index is 0. The molecule has 1 heterocycles. The second-order valence-corrected chi connectivity index (χ2v) is 6.70. The Hall–Kier alpha value is -0.940. The highest BCUT2D eigenvalue weighted by atomic mass is 127. The molecule has 26 heavy (non-hydrogen) atoms. The smallest absolute Gasteiger partial charge is 0.191 e. The number of hydrogen-bond acceptors (Lipinski definition) is 5. The Kier molecular flexibility index (Phi) is 13.6. The Balaban J connectivity index is 0.00000625. The minimum Gasteiger partial charge on any atom is -0.396 e. The number of nitrogens with zero attached hydrogens (tertiary/aromatic N) is 4. The fraction of sp³-hybridized carbons (Fsp3) is 0.824. The molecule has 0 amide bonds. The molecule has 0 saturated carbocycles. The van der Waals surface area contributed by atoms with Crippen molar-refractivity contribution in [1.82, 2.24) is 25.4 Å². The van der Waals surface area contributed by atoms with Gasteiger partial charge >= 0.3 is 0 Å². The molecule has 0 saturated heterocycles. The van der Waals surface area contributed by atoms with Crippen LogP contribution >= 0.6 is 24.0 Å². The summed E-state index contributed by atoms with van der Waals surface area (Å²) in [7, 11) is 3.61. The molecule has 9 heteroatoms. The maximum atomic E-state index is 9.26. The van der Waals surface area contributed by atoms with Gasteiger partial charge in [0, 0.05) is 33.9 Å². The first-order chi connectivity index (χ1) is 12.0. The quantitative estimate of drug-likeness (QED) is 0.191. The number of methoxy groups -OCH3 is 1. The summed E-state index contributed by atoms with van der Waals surface area (Å²) in [4.78, 5) is 4.60. The lowest BCUT2D eigenvalue weighted by Crippen LogP contribution is -2.41. The Morgan fingerprint density at radius 1 is 1.31 bits per heavy atom. The van der Waals surface area contributed by atoms with Crippen molar-refractivity contribution in [2.45, 2.75) is 40.2 Å². The monoisotopic (exact) mass is 482 g/mol. The van der Waals surface area contributed by atoms with Gasteiger partial charge in [0.15, 0.2) is 11.8 Å². The molecule has 0 aromatic carbocycles.